The molecule has 0 unspecified atom stereocenters. The lowest BCUT2D eigenvalue weighted by Crippen LogP contribution is -2.04. The van der Waals surface area contributed by atoms with E-state index in [-0.39, 0.29) is 12.2 Å². The summed E-state index contributed by atoms with van der Waals surface area (Å²) in [6.07, 6.45) is 1.58. The number of hydrogen-bond donors (Lipinski definition) is 1. The molecule has 0 spiro atoms. The molecule has 0 radical (unpaired) electrons. The van der Waals surface area contributed by atoms with Gasteiger partial charge in [0.05, 0.1) is 29.0 Å². The molecular weight excluding hydrogens is 267 g/mol. The summed E-state index contributed by atoms with van der Waals surface area (Å²) < 4.78 is 15.2. The predicted molar refractivity (Wildman–Crippen MR) is 71.4 cm³/mol. The Balaban J connectivity index is 2.29. The van der Waals surface area contributed by atoms with Crippen LogP contribution in [0.3, 0.4) is 0 Å². The monoisotopic (exact) mass is 278 g/mol. The standard InChI is InChI=1S/C14H12ClFN2O/c1-10-13(15)8-17-18(10)9-11-4-5-14(16)12(7-11)3-2-6-19/h4-5,7-8,19H,6,9H2,1H3. The van der Waals surface area contributed by atoms with Gasteiger partial charge in [-0.2, -0.15) is 5.10 Å². The molecule has 2 aromatic rings. The lowest BCUT2D eigenvalue weighted by Gasteiger charge is -2.06. The third kappa shape index (κ3) is 3.14. The van der Waals surface area contributed by atoms with Crippen LogP contribution < -0.4 is 0 Å². The minimum Gasteiger partial charge on any atom is -0.384 e. The van der Waals surface area contributed by atoms with Crippen LogP contribution >= 0.6 is 11.6 Å². The zero-order chi connectivity index (χ0) is 13.8. The largest absolute Gasteiger partial charge is 0.384 e. The summed E-state index contributed by atoms with van der Waals surface area (Å²) in [4.78, 5) is 0. The van der Waals surface area contributed by atoms with Crippen LogP contribution in [0.25, 0.3) is 0 Å². The SMILES string of the molecule is Cc1c(Cl)cnn1Cc1ccc(F)c(C#CCO)c1. The van der Waals surface area contributed by atoms with E-state index in [1.165, 1.54) is 6.07 Å². The first kappa shape index (κ1) is 13.6. The molecule has 0 saturated carbocycles. The van der Waals surface area contributed by atoms with Crippen LogP contribution in [-0.2, 0) is 6.54 Å². The number of aliphatic hydroxyl groups is 1. The van der Waals surface area contributed by atoms with Crippen molar-refractivity contribution in [3.63, 3.8) is 0 Å². The fraction of sp³-hybridized carbons (Fsp3) is 0.214. The molecule has 1 aromatic carbocycles. The maximum atomic E-state index is 13.5. The van der Waals surface area contributed by atoms with E-state index in [0.717, 1.165) is 11.3 Å². The lowest BCUT2D eigenvalue weighted by atomic mass is 10.1. The predicted octanol–water partition coefficient (Wildman–Crippen LogP) is 2.38. The summed E-state index contributed by atoms with van der Waals surface area (Å²) in [6, 6.07) is 4.68. The molecular formula is C14H12ClFN2O. The summed E-state index contributed by atoms with van der Waals surface area (Å²) in [5.74, 6) is 4.61. The van der Waals surface area contributed by atoms with E-state index in [9.17, 15) is 4.39 Å². The van der Waals surface area contributed by atoms with Gasteiger partial charge in [0, 0.05) is 0 Å². The molecule has 0 aliphatic rings. The first-order valence-corrected chi connectivity index (χ1v) is 6.05. The van der Waals surface area contributed by atoms with Crippen LogP contribution in [0.15, 0.2) is 24.4 Å². The van der Waals surface area contributed by atoms with Crippen molar-refractivity contribution in [3.05, 3.63) is 52.1 Å². The number of aliphatic hydroxyl groups excluding tert-OH is 1. The van der Waals surface area contributed by atoms with Crippen LogP contribution in [-0.4, -0.2) is 21.5 Å². The smallest absolute Gasteiger partial charge is 0.138 e. The average Bonchev–Trinajstić information content (AvgIpc) is 2.71. The van der Waals surface area contributed by atoms with E-state index in [1.54, 1.807) is 23.0 Å². The summed E-state index contributed by atoms with van der Waals surface area (Å²) in [7, 11) is 0. The van der Waals surface area contributed by atoms with Crippen molar-refractivity contribution in [1.29, 1.82) is 0 Å². The second-order valence-corrected chi connectivity index (χ2v) is 4.42. The minimum absolute atomic E-state index is 0.266. The van der Waals surface area contributed by atoms with Gasteiger partial charge in [-0.05, 0) is 24.6 Å². The highest BCUT2D eigenvalue weighted by Crippen LogP contribution is 2.16. The molecule has 0 amide bonds. The summed E-state index contributed by atoms with van der Waals surface area (Å²) in [5, 5.41) is 13.4. The van der Waals surface area contributed by atoms with Gasteiger partial charge in [-0.15, -0.1) is 0 Å². The maximum Gasteiger partial charge on any atom is 0.138 e. The fourth-order valence-electron chi connectivity index (χ4n) is 1.66. The number of hydrogen-bond acceptors (Lipinski definition) is 2. The van der Waals surface area contributed by atoms with Gasteiger partial charge in [0.15, 0.2) is 0 Å². The highest BCUT2D eigenvalue weighted by atomic mass is 35.5. The zero-order valence-corrected chi connectivity index (χ0v) is 11.1. The Morgan fingerprint density at radius 1 is 1.47 bits per heavy atom. The maximum absolute atomic E-state index is 13.5. The van der Waals surface area contributed by atoms with Gasteiger partial charge in [0.25, 0.3) is 0 Å². The third-order valence-corrected chi connectivity index (χ3v) is 3.08. The number of rotatable bonds is 2. The third-order valence-electron chi connectivity index (χ3n) is 2.71. The Morgan fingerprint density at radius 3 is 2.89 bits per heavy atom. The van der Waals surface area contributed by atoms with Crippen molar-refractivity contribution in [2.45, 2.75) is 13.5 Å². The molecule has 98 valence electrons. The van der Waals surface area contributed by atoms with E-state index in [2.05, 4.69) is 16.9 Å². The van der Waals surface area contributed by atoms with E-state index in [4.69, 9.17) is 16.7 Å². The van der Waals surface area contributed by atoms with Gasteiger partial charge in [-0.3, -0.25) is 4.68 Å². The molecule has 0 aliphatic carbocycles. The molecule has 0 fully saturated rings. The van der Waals surface area contributed by atoms with Crippen LogP contribution in [0.4, 0.5) is 4.39 Å². The molecule has 2 rings (SSSR count). The van der Waals surface area contributed by atoms with Crippen LogP contribution in [0.1, 0.15) is 16.8 Å². The first-order chi connectivity index (χ1) is 9.11. The number of aromatic nitrogens is 2. The van der Waals surface area contributed by atoms with Gasteiger partial charge in [0.2, 0.25) is 0 Å². The quantitative estimate of drug-likeness (QED) is 0.857. The molecule has 19 heavy (non-hydrogen) atoms. The Kier molecular flexibility index (Phi) is 4.20. The van der Waals surface area contributed by atoms with E-state index in [0.29, 0.717) is 11.6 Å². The number of halogens is 2. The lowest BCUT2D eigenvalue weighted by molar-refractivity contribution is 0.350. The normalized spacial score (nSPS) is 10.1. The Labute approximate surface area is 115 Å². The van der Waals surface area contributed by atoms with Crippen molar-refractivity contribution in [3.8, 4) is 11.8 Å². The van der Waals surface area contributed by atoms with Crippen LogP contribution in [0.5, 0.6) is 0 Å². The van der Waals surface area contributed by atoms with Crippen molar-refractivity contribution in [2.75, 3.05) is 6.61 Å². The molecule has 1 N–H and O–H groups in total. The van der Waals surface area contributed by atoms with E-state index >= 15 is 0 Å². The molecule has 0 atom stereocenters. The van der Waals surface area contributed by atoms with Crippen molar-refractivity contribution >= 4 is 11.6 Å². The number of benzene rings is 1. The molecule has 1 aromatic heterocycles. The summed E-state index contributed by atoms with van der Waals surface area (Å²) >= 11 is 5.93. The van der Waals surface area contributed by atoms with Gasteiger partial charge < -0.3 is 5.11 Å². The van der Waals surface area contributed by atoms with Gasteiger partial charge >= 0.3 is 0 Å². The molecule has 0 bridgehead atoms. The highest BCUT2D eigenvalue weighted by molar-refractivity contribution is 6.31. The Morgan fingerprint density at radius 2 is 2.26 bits per heavy atom. The molecule has 1 heterocycles. The van der Waals surface area contributed by atoms with Gasteiger partial charge in [-0.25, -0.2) is 4.39 Å². The van der Waals surface area contributed by atoms with E-state index in [1.807, 2.05) is 6.92 Å². The summed E-state index contributed by atoms with van der Waals surface area (Å²) in [5.41, 5.74) is 1.99. The van der Waals surface area contributed by atoms with Crippen LogP contribution in [0.2, 0.25) is 5.02 Å². The van der Waals surface area contributed by atoms with Crippen LogP contribution in [0, 0.1) is 24.6 Å². The van der Waals surface area contributed by atoms with Crippen molar-refractivity contribution in [1.82, 2.24) is 9.78 Å². The Bertz CT molecular complexity index is 655. The zero-order valence-electron chi connectivity index (χ0n) is 10.3. The van der Waals surface area contributed by atoms with Crippen molar-refractivity contribution < 1.29 is 9.50 Å². The molecule has 0 saturated heterocycles. The minimum atomic E-state index is -0.403. The van der Waals surface area contributed by atoms with E-state index < -0.39 is 5.82 Å². The topological polar surface area (TPSA) is 38.0 Å². The summed E-state index contributed by atoms with van der Waals surface area (Å²) in [6.45, 7) is 2.06. The highest BCUT2D eigenvalue weighted by Gasteiger charge is 2.06. The fourth-order valence-corrected chi connectivity index (χ4v) is 1.80. The molecule has 3 nitrogen and oxygen atoms in total. The Hall–Kier alpha value is -1.83. The second kappa shape index (κ2) is 5.87. The molecule has 0 aliphatic heterocycles. The van der Waals surface area contributed by atoms with Gasteiger partial charge in [-0.1, -0.05) is 29.5 Å². The average molecular weight is 279 g/mol. The second-order valence-electron chi connectivity index (χ2n) is 4.01. The van der Waals surface area contributed by atoms with Gasteiger partial charge in [0.1, 0.15) is 12.4 Å². The first-order valence-electron chi connectivity index (χ1n) is 5.68. The molecule has 5 heteroatoms. The number of nitrogens with zero attached hydrogens (tertiary/aromatic N) is 2. The van der Waals surface area contributed by atoms with Crippen molar-refractivity contribution in [2.24, 2.45) is 0 Å².